The maximum atomic E-state index is 13.0. The highest BCUT2D eigenvalue weighted by atomic mass is 19.1. The molecule has 1 atom stereocenters. The number of nitrogens with one attached hydrogen (secondary N) is 2. The van der Waals surface area contributed by atoms with Crippen LogP contribution in [0.2, 0.25) is 0 Å². The number of ether oxygens (including phenoxy) is 1. The fourth-order valence-electron chi connectivity index (χ4n) is 1.43. The Morgan fingerprint density at radius 1 is 1.14 bits per heavy atom. The Hall–Kier alpha value is -2.18. The number of halogens is 2. The molecule has 1 unspecified atom stereocenters. The lowest BCUT2D eigenvalue weighted by Gasteiger charge is -2.21. The number of hydrogen-bond donors (Lipinski definition) is 2. The van der Waals surface area contributed by atoms with Crippen molar-refractivity contribution in [3.63, 3.8) is 0 Å². The van der Waals surface area contributed by atoms with E-state index in [-0.39, 0.29) is 5.69 Å². The van der Waals surface area contributed by atoms with Crippen LogP contribution in [-0.4, -0.2) is 23.6 Å². The normalized spacial score (nSPS) is 12.5. The van der Waals surface area contributed by atoms with Crippen LogP contribution in [0.25, 0.3) is 0 Å². The number of alkyl carbamates (subject to hydrolysis) is 1. The van der Waals surface area contributed by atoms with Crippen molar-refractivity contribution in [1.29, 1.82) is 0 Å². The first kappa shape index (κ1) is 16.9. The second-order valence-electron chi connectivity index (χ2n) is 5.52. The lowest BCUT2D eigenvalue weighted by atomic mass is 10.2. The topological polar surface area (TPSA) is 67.4 Å². The van der Waals surface area contributed by atoms with Crippen LogP contribution in [0.1, 0.15) is 27.7 Å². The lowest BCUT2D eigenvalue weighted by molar-refractivity contribution is -0.117. The molecule has 0 aliphatic heterocycles. The van der Waals surface area contributed by atoms with E-state index in [1.807, 2.05) is 0 Å². The third-order valence-corrected chi connectivity index (χ3v) is 2.26. The molecule has 21 heavy (non-hydrogen) atoms. The van der Waals surface area contributed by atoms with Gasteiger partial charge in [0.05, 0.1) is 0 Å². The molecule has 0 aliphatic rings. The van der Waals surface area contributed by atoms with Crippen LogP contribution in [0.5, 0.6) is 0 Å². The molecule has 2 N–H and O–H groups in total. The summed E-state index contributed by atoms with van der Waals surface area (Å²) in [5, 5.41) is 4.63. The van der Waals surface area contributed by atoms with Gasteiger partial charge in [0.2, 0.25) is 5.91 Å². The highest BCUT2D eigenvalue weighted by Crippen LogP contribution is 2.13. The molecule has 0 heterocycles. The van der Waals surface area contributed by atoms with Crippen molar-refractivity contribution in [1.82, 2.24) is 5.32 Å². The van der Waals surface area contributed by atoms with E-state index in [0.29, 0.717) is 6.07 Å². The minimum absolute atomic E-state index is 0.0321. The van der Waals surface area contributed by atoms with E-state index in [9.17, 15) is 18.4 Å². The van der Waals surface area contributed by atoms with Gasteiger partial charge in [0.15, 0.2) is 0 Å². The van der Waals surface area contributed by atoms with Gasteiger partial charge in [-0.05, 0) is 39.8 Å². The van der Waals surface area contributed by atoms with Gasteiger partial charge in [0.25, 0.3) is 0 Å². The third kappa shape index (κ3) is 6.20. The van der Waals surface area contributed by atoms with Crippen molar-refractivity contribution < 1.29 is 23.1 Å². The van der Waals surface area contributed by atoms with E-state index >= 15 is 0 Å². The molecule has 0 radical (unpaired) electrons. The van der Waals surface area contributed by atoms with Crippen molar-refractivity contribution in [3.05, 3.63) is 29.8 Å². The molecule has 0 spiro atoms. The average Bonchev–Trinajstić information content (AvgIpc) is 2.24. The quantitative estimate of drug-likeness (QED) is 0.902. The van der Waals surface area contributed by atoms with Crippen LogP contribution < -0.4 is 10.6 Å². The molecule has 1 aromatic rings. The second-order valence-corrected chi connectivity index (χ2v) is 5.52. The Labute approximate surface area is 121 Å². The minimum atomic E-state index is -0.925. The Morgan fingerprint density at radius 2 is 1.67 bits per heavy atom. The molecule has 0 fully saturated rings. The monoisotopic (exact) mass is 300 g/mol. The van der Waals surface area contributed by atoms with E-state index < -0.39 is 35.3 Å². The van der Waals surface area contributed by atoms with E-state index in [0.717, 1.165) is 12.1 Å². The van der Waals surface area contributed by atoms with Gasteiger partial charge in [0, 0.05) is 11.8 Å². The number of anilines is 1. The smallest absolute Gasteiger partial charge is 0.408 e. The van der Waals surface area contributed by atoms with Gasteiger partial charge in [-0.3, -0.25) is 4.79 Å². The predicted molar refractivity (Wildman–Crippen MR) is 73.8 cm³/mol. The van der Waals surface area contributed by atoms with Crippen LogP contribution in [0.3, 0.4) is 0 Å². The van der Waals surface area contributed by atoms with Gasteiger partial charge < -0.3 is 15.4 Å². The summed E-state index contributed by atoms with van der Waals surface area (Å²) < 4.78 is 31.0. The molecule has 0 saturated carbocycles. The number of rotatable bonds is 3. The summed E-state index contributed by atoms with van der Waals surface area (Å²) in [4.78, 5) is 23.3. The van der Waals surface area contributed by atoms with Crippen molar-refractivity contribution in [3.8, 4) is 0 Å². The van der Waals surface area contributed by atoms with Crippen molar-refractivity contribution in [2.24, 2.45) is 0 Å². The van der Waals surface area contributed by atoms with Gasteiger partial charge in [0.1, 0.15) is 23.3 Å². The summed E-state index contributed by atoms with van der Waals surface area (Å²) >= 11 is 0. The summed E-state index contributed by atoms with van der Waals surface area (Å²) in [6.45, 7) is 6.49. The Balaban J connectivity index is 2.60. The lowest BCUT2D eigenvalue weighted by Crippen LogP contribution is -2.44. The molecule has 1 aromatic carbocycles. The van der Waals surface area contributed by atoms with Gasteiger partial charge in [-0.2, -0.15) is 0 Å². The first-order valence-corrected chi connectivity index (χ1v) is 6.33. The van der Waals surface area contributed by atoms with E-state index in [1.165, 1.54) is 6.92 Å². The molecule has 0 aromatic heterocycles. The highest BCUT2D eigenvalue weighted by molar-refractivity contribution is 5.96. The zero-order valence-corrected chi connectivity index (χ0v) is 12.3. The largest absolute Gasteiger partial charge is 0.444 e. The fraction of sp³-hybridized carbons (Fsp3) is 0.429. The van der Waals surface area contributed by atoms with Crippen LogP contribution in [-0.2, 0) is 9.53 Å². The molecular weight excluding hydrogens is 282 g/mol. The number of carbonyl (C=O) groups excluding carboxylic acids is 2. The number of hydrogen-bond acceptors (Lipinski definition) is 3. The second kappa shape index (κ2) is 6.51. The Morgan fingerprint density at radius 3 is 2.14 bits per heavy atom. The summed E-state index contributed by atoms with van der Waals surface area (Å²) in [5.74, 6) is -2.23. The summed E-state index contributed by atoms with van der Waals surface area (Å²) in [7, 11) is 0. The van der Waals surface area contributed by atoms with Crippen molar-refractivity contribution in [2.45, 2.75) is 39.3 Å². The van der Waals surface area contributed by atoms with Gasteiger partial charge in [-0.1, -0.05) is 0 Å². The SMILES string of the molecule is CC(NC(=O)OC(C)(C)C)C(=O)Nc1cc(F)cc(F)c1. The Bertz CT molecular complexity index is 521. The number of benzene rings is 1. The molecule has 0 aliphatic carbocycles. The molecule has 0 saturated heterocycles. The minimum Gasteiger partial charge on any atom is -0.444 e. The molecule has 0 bridgehead atoms. The number of amides is 2. The van der Waals surface area contributed by atoms with Crippen LogP contribution in [0, 0.1) is 11.6 Å². The first-order chi connectivity index (χ1) is 9.56. The first-order valence-electron chi connectivity index (χ1n) is 6.33. The maximum Gasteiger partial charge on any atom is 0.408 e. The Kier molecular flexibility index (Phi) is 5.23. The van der Waals surface area contributed by atoms with Crippen molar-refractivity contribution in [2.75, 3.05) is 5.32 Å². The molecular formula is C14H18F2N2O3. The van der Waals surface area contributed by atoms with Crippen LogP contribution in [0.15, 0.2) is 18.2 Å². The zero-order chi connectivity index (χ0) is 16.2. The van der Waals surface area contributed by atoms with Gasteiger partial charge in [-0.25, -0.2) is 13.6 Å². The zero-order valence-electron chi connectivity index (χ0n) is 12.3. The summed E-state index contributed by atoms with van der Waals surface area (Å²) in [6, 6.07) is 1.71. The van der Waals surface area contributed by atoms with Crippen LogP contribution in [0.4, 0.5) is 19.3 Å². The standard InChI is InChI=1S/C14H18F2N2O3/c1-8(17-13(20)21-14(2,3)4)12(19)18-11-6-9(15)5-10(16)7-11/h5-8H,1-4H3,(H,17,20)(H,18,19). The van der Waals surface area contributed by atoms with Crippen LogP contribution >= 0.6 is 0 Å². The molecule has 2 amide bonds. The van der Waals surface area contributed by atoms with Gasteiger partial charge >= 0.3 is 6.09 Å². The average molecular weight is 300 g/mol. The fourth-order valence-corrected chi connectivity index (χ4v) is 1.43. The molecule has 116 valence electrons. The maximum absolute atomic E-state index is 13.0. The summed E-state index contributed by atoms with van der Waals surface area (Å²) in [5.41, 5.74) is -0.721. The molecule has 5 nitrogen and oxygen atoms in total. The van der Waals surface area contributed by atoms with E-state index in [1.54, 1.807) is 20.8 Å². The third-order valence-electron chi connectivity index (χ3n) is 2.26. The highest BCUT2D eigenvalue weighted by Gasteiger charge is 2.21. The van der Waals surface area contributed by atoms with Crippen molar-refractivity contribution >= 4 is 17.7 Å². The van der Waals surface area contributed by atoms with Gasteiger partial charge in [-0.15, -0.1) is 0 Å². The number of carbonyl (C=O) groups is 2. The van der Waals surface area contributed by atoms with E-state index in [4.69, 9.17) is 4.74 Å². The molecule has 1 rings (SSSR count). The summed E-state index contributed by atoms with van der Waals surface area (Å²) in [6.07, 6.45) is -0.754. The predicted octanol–water partition coefficient (Wildman–Crippen LogP) is 2.82. The molecule has 7 heteroatoms. The van der Waals surface area contributed by atoms with E-state index in [2.05, 4.69) is 10.6 Å².